The van der Waals surface area contributed by atoms with E-state index in [2.05, 4.69) is 28.1 Å². The first kappa shape index (κ1) is 9.65. The van der Waals surface area contributed by atoms with Crippen molar-refractivity contribution in [2.24, 2.45) is 11.7 Å². The standard InChI is InChI=1S/C9H12BrNOS/c10-8-2-1-7(13-8)9(11)6-3-4-12-5-6/h1-2,6,9H,3-5,11H2. The number of hydrogen-bond acceptors (Lipinski definition) is 3. The first-order valence-electron chi connectivity index (χ1n) is 4.36. The molecular formula is C9H12BrNOS. The van der Waals surface area contributed by atoms with Crippen molar-refractivity contribution >= 4 is 27.3 Å². The Hall–Kier alpha value is 0.1000. The summed E-state index contributed by atoms with van der Waals surface area (Å²) in [4.78, 5) is 1.25. The van der Waals surface area contributed by atoms with Crippen molar-refractivity contribution in [3.63, 3.8) is 0 Å². The van der Waals surface area contributed by atoms with Crippen LogP contribution in [0.4, 0.5) is 0 Å². The van der Waals surface area contributed by atoms with Crippen LogP contribution in [0, 0.1) is 5.92 Å². The Morgan fingerprint density at radius 2 is 2.46 bits per heavy atom. The number of halogens is 1. The van der Waals surface area contributed by atoms with Gasteiger partial charge in [-0.1, -0.05) is 0 Å². The van der Waals surface area contributed by atoms with Crippen molar-refractivity contribution in [2.45, 2.75) is 12.5 Å². The van der Waals surface area contributed by atoms with E-state index in [4.69, 9.17) is 10.5 Å². The third-order valence-electron chi connectivity index (χ3n) is 2.40. The van der Waals surface area contributed by atoms with Crippen LogP contribution in [0.25, 0.3) is 0 Å². The summed E-state index contributed by atoms with van der Waals surface area (Å²) >= 11 is 5.16. The van der Waals surface area contributed by atoms with Crippen molar-refractivity contribution in [1.29, 1.82) is 0 Å². The van der Waals surface area contributed by atoms with Gasteiger partial charge >= 0.3 is 0 Å². The lowest BCUT2D eigenvalue weighted by molar-refractivity contribution is 0.181. The Kier molecular flexibility index (Phi) is 3.03. The van der Waals surface area contributed by atoms with Crippen LogP contribution in [0.1, 0.15) is 17.3 Å². The minimum atomic E-state index is 0.152. The van der Waals surface area contributed by atoms with E-state index in [9.17, 15) is 0 Å². The fraction of sp³-hybridized carbons (Fsp3) is 0.556. The fourth-order valence-electron chi connectivity index (χ4n) is 1.58. The van der Waals surface area contributed by atoms with Crippen LogP contribution < -0.4 is 5.73 Å². The van der Waals surface area contributed by atoms with E-state index in [1.165, 1.54) is 4.88 Å². The van der Waals surface area contributed by atoms with Gasteiger partial charge in [-0.15, -0.1) is 11.3 Å². The quantitative estimate of drug-likeness (QED) is 0.889. The average molecular weight is 262 g/mol. The maximum atomic E-state index is 6.12. The second-order valence-corrected chi connectivity index (χ2v) is 5.79. The van der Waals surface area contributed by atoms with Crippen LogP contribution in [0.2, 0.25) is 0 Å². The molecule has 0 amide bonds. The molecule has 2 nitrogen and oxygen atoms in total. The molecule has 0 radical (unpaired) electrons. The number of thiophene rings is 1. The van der Waals surface area contributed by atoms with E-state index in [-0.39, 0.29) is 6.04 Å². The third kappa shape index (κ3) is 2.13. The van der Waals surface area contributed by atoms with Crippen LogP contribution in [0.5, 0.6) is 0 Å². The normalized spacial score (nSPS) is 24.9. The van der Waals surface area contributed by atoms with Crippen molar-refractivity contribution < 1.29 is 4.74 Å². The maximum Gasteiger partial charge on any atom is 0.0701 e. The van der Waals surface area contributed by atoms with Gasteiger partial charge in [0.1, 0.15) is 0 Å². The van der Waals surface area contributed by atoms with Gasteiger partial charge in [0.2, 0.25) is 0 Å². The molecule has 0 spiro atoms. The van der Waals surface area contributed by atoms with E-state index >= 15 is 0 Å². The fourth-order valence-corrected chi connectivity index (χ4v) is 3.09. The lowest BCUT2D eigenvalue weighted by atomic mass is 9.99. The molecule has 0 aromatic carbocycles. The molecule has 0 aliphatic carbocycles. The summed E-state index contributed by atoms with van der Waals surface area (Å²) in [5.74, 6) is 0.505. The zero-order valence-electron chi connectivity index (χ0n) is 7.20. The number of hydrogen-bond donors (Lipinski definition) is 1. The van der Waals surface area contributed by atoms with Crippen LogP contribution in [-0.2, 0) is 4.74 Å². The van der Waals surface area contributed by atoms with Gasteiger partial charge in [-0.25, -0.2) is 0 Å². The highest BCUT2D eigenvalue weighted by molar-refractivity contribution is 9.11. The van der Waals surface area contributed by atoms with Crippen LogP contribution in [0.3, 0.4) is 0 Å². The molecule has 0 bridgehead atoms. The number of rotatable bonds is 2. The zero-order chi connectivity index (χ0) is 9.26. The van der Waals surface area contributed by atoms with Gasteiger partial charge in [0.25, 0.3) is 0 Å². The highest BCUT2D eigenvalue weighted by Gasteiger charge is 2.24. The first-order chi connectivity index (χ1) is 6.27. The summed E-state index contributed by atoms with van der Waals surface area (Å²) in [6.07, 6.45) is 1.09. The molecule has 2 heterocycles. The van der Waals surface area contributed by atoms with Crippen LogP contribution in [0.15, 0.2) is 15.9 Å². The molecule has 4 heteroatoms. The minimum Gasteiger partial charge on any atom is -0.381 e. The summed E-state index contributed by atoms with van der Waals surface area (Å²) in [6, 6.07) is 4.30. The second kappa shape index (κ2) is 4.09. The first-order valence-corrected chi connectivity index (χ1v) is 5.97. The van der Waals surface area contributed by atoms with E-state index in [0.717, 1.165) is 23.4 Å². The molecule has 2 unspecified atom stereocenters. The Morgan fingerprint density at radius 3 is 3.00 bits per heavy atom. The SMILES string of the molecule is NC(c1ccc(Br)s1)C1CCOC1. The molecule has 0 saturated carbocycles. The van der Waals surface area contributed by atoms with E-state index < -0.39 is 0 Å². The second-order valence-electron chi connectivity index (χ2n) is 3.29. The minimum absolute atomic E-state index is 0.152. The molecule has 2 atom stereocenters. The Labute approximate surface area is 90.2 Å². The largest absolute Gasteiger partial charge is 0.381 e. The summed E-state index contributed by atoms with van der Waals surface area (Å²) in [7, 11) is 0. The number of ether oxygens (including phenoxy) is 1. The van der Waals surface area contributed by atoms with Crippen molar-refractivity contribution in [1.82, 2.24) is 0 Å². The summed E-state index contributed by atoms with van der Waals surface area (Å²) < 4.78 is 6.47. The van der Waals surface area contributed by atoms with Gasteiger partial charge < -0.3 is 10.5 Å². The number of nitrogens with two attached hydrogens (primary N) is 1. The molecule has 2 N–H and O–H groups in total. The van der Waals surface area contributed by atoms with Crippen molar-refractivity contribution in [3.8, 4) is 0 Å². The molecular weight excluding hydrogens is 250 g/mol. The van der Waals surface area contributed by atoms with Gasteiger partial charge in [0, 0.05) is 23.4 Å². The van der Waals surface area contributed by atoms with Gasteiger partial charge in [-0.3, -0.25) is 0 Å². The highest BCUT2D eigenvalue weighted by Crippen LogP contribution is 2.32. The zero-order valence-corrected chi connectivity index (χ0v) is 9.61. The molecule has 1 fully saturated rings. The van der Waals surface area contributed by atoms with Crippen molar-refractivity contribution in [3.05, 3.63) is 20.8 Å². The Morgan fingerprint density at radius 1 is 1.62 bits per heavy atom. The van der Waals surface area contributed by atoms with E-state index in [0.29, 0.717) is 5.92 Å². The van der Waals surface area contributed by atoms with E-state index in [1.807, 2.05) is 0 Å². The van der Waals surface area contributed by atoms with Crippen molar-refractivity contribution in [2.75, 3.05) is 13.2 Å². The molecule has 1 saturated heterocycles. The van der Waals surface area contributed by atoms with Gasteiger partial charge in [0.05, 0.1) is 10.4 Å². The lowest BCUT2D eigenvalue weighted by Crippen LogP contribution is -2.20. The third-order valence-corrected chi connectivity index (χ3v) is 4.12. The van der Waals surface area contributed by atoms with Gasteiger partial charge in [0.15, 0.2) is 0 Å². The highest BCUT2D eigenvalue weighted by atomic mass is 79.9. The molecule has 13 heavy (non-hydrogen) atoms. The molecule has 1 aliphatic heterocycles. The summed E-state index contributed by atoms with van der Waals surface area (Å²) in [5, 5.41) is 0. The lowest BCUT2D eigenvalue weighted by Gasteiger charge is -2.15. The molecule has 72 valence electrons. The maximum absolute atomic E-state index is 6.12. The molecule has 2 rings (SSSR count). The predicted molar refractivity (Wildman–Crippen MR) is 57.9 cm³/mol. The Balaban J connectivity index is 2.07. The Bertz CT molecular complexity index is 283. The summed E-state index contributed by atoms with van der Waals surface area (Å²) in [5.41, 5.74) is 6.12. The van der Waals surface area contributed by atoms with Gasteiger partial charge in [-0.2, -0.15) is 0 Å². The van der Waals surface area contributed by atoms with Crippen LogP contribution >= 0.6 is 27.3 Å². The monoisotopic (exact) mass is 261 g/mol. The summed E-state index contributed by atoms with van der Waals surface area (Å²) in [6.45, 7) is 1.68. The topological polar surface area (TPSA) is 35.2 Å². The molecule has 1 aliphatic rings. The van der Waals surface area contributed by atoms with E-state index in [1.54, 1.807) is 11.3 Å². The van der Waals surface area contributed by atoms with Crippen LogP contribution in [-0.4, -0.2) is 13.2 Å². The molecule has 1 aromatic rings. The predicted octanol–water partition coefficient (Wildman–Crippen LogP) is 2.55. The smallest absolute Gasteiger partial charge is 0.0701 e. The van der Waals surface area contributed by atoms with Gasteiger partial charge in [-0.05, 0) is 34.5 Å². The molecule has 1 aromatic heterocycles. The average Bonchev–Trinajstić information content (AvgIpc) is 2.72.